The van der Waals surface area contributed by atoms with E-state index in [2.05, 4.69) is 5.09 Å². The molecule has 0 aliphatic carbocycles. The highest BCUT2D eigenvalue weighted by molar-refractivity contribution is 7.67. The fourth-order valence-corrected chi connectivity index (χ4v) is 3.90. The minimum atomic E-state index is -4.17. The van der Waals surface area contributed by atoms with Crippen molar-refractivity contribution in [2.24, 2.45) is 0 Å². The molecule has 0 radical (unpaired) electrons. The summed E-state index contributed by atoms with van der Waals surface area (Å²) >= 11 is 0. The third kappa shape index (κ3) is 4.09. The number of carboxylic acids is 1. The van der Waals surface area contributed by atoms with Crippen molar-refractivity contribution in [3.05, 3.63) is 42.0 Å². The van der Waals surface area contributed by atoms with Gasteiger partial charge >= 0.3 is 13.5 Å². The Morgan fingerprint density at radius 2 is 1.69 bits per heavy atom. The number of hydrogen-bond acceptors (Lipinski definition) is 5. The first-order chi connectivity index (χ1) is 12.3. The molecule has 2 aromatic rings. The summed E-state index contributed by atoms with van der Waals surface area (Å²) < 4.78 is 28.6. The van der Waals surface area contributed by atoms with Gasteiger partial charge in [0.05, 0.1) is 27.8 Å². The van der Waals surface area contributed by atoms with Gasteiger partial charge in [0.25, 0.3) is 0 Å². The summed E-state index contributed by atoms with van der Waals surface area (Å²) in [6, 6.07) is 9.29. The van der Waals surface area contributed by atoms with Crippen LogP contribution < -0.4 is 24.6 Å². The van der Waals surface area contributed by atoms with Crippen LogP contribution >= 0.6 is 7.52 Å². The van der Waals surface area contributed by atoms with Crippen LogP contribution in [0.4, 0.5) is 5.69 Å². The number of nitrogens with one attached hydrogen (secondary N) is 1. The second-order valence-corrected chi connectivity index (χ2v) is 7.13. The number of aliphatic carboxylic acids is 1. The Morgan fingerprint density at radius 3 is 2.27 bits per heavy atom. The smallest absolute Gasteiger partial charge is 0.325 e. The van der Waals surface area contributed by atoms with Crippen molar-refractivity contribution >= 4 is 24.5 Å². The van der Waals surface area contributed by atoms with Gasteiger partial charge in [0, 0.05) is 5.69 Å². The van der Waals surface area contributed by atoms with E-state index in [0.29, 0.717) is 11.3 Å². The van der Waals surface area contributed by atoms with E-state index in [4.69, 9.17) is 19.3 Å². The van der Waals surface area contributed by atoms with Gasteiger partial charge < -0.3 is 29.3 Å². The second-order valence-electron chi connectivity index (χ2n) is 5.27. The Morgan fingerprint density at radius 1 is 1.04 bits per heavy atom. The van der Waals surface area contributed by atoms with Gasteiger partial charge in [0.15, 0.2) is 11.5 Å². The molecule has 1 unspecified atom stereocenters. The standard InChI is InChI=1S/C17H20NO7P/c1-23-13-8-9-14(17(25-3)16(13)24-2)26(21,22)18-12-7-5-4-6-11(12)10-15(19)20/h4-9H,10H2,1-3H3,(H,19,20)(H2,18,21,22). The highest BCUT2D eigenvalue weighted by Gasteiger charge is 2.30. The first-order valence-corrected chi connectivity index (χ1v) is 9.20. The molecule has 140 valence electrons. The SMILES string of the molecule is COc1ccc(P(=O)(O)Nc2ccccc2CC(=O)O)c(OC)c1OC. The van der Waals surface area contributed by atoms with Crippen molar-refractivity contribution in [3.8, 4) is 17.2 Å². The van der Waals surface area contributed by atoms with Crippen molar-refractivity contribution in [2.75, 3.05) is 26.4 Å². The maximum Gasteiger partial charge on any atom is 0.325 e. The molecule has 9 heteroatoms. The van der Waals surface area contributed by atoms with E-state index in [9.17, 15) is 14.3 Å². The van der Waals surface area contributed by atoms with Gasteiger partial charge in [-0.2, -0.15) is 0 Å². The van der Waals surface area contributed by atoms with Crippen LogP contribution in [0.5, 0.6) is 17.2 Å². The number of methoxy groups -OCH3 is 3. The molecule has 8 nitrogen and oxygen atoms in total. The van der Waals surface area contributed by atoms with Crippen molar-refractivity contribution in [2.45, 2.75) is 6.42 Å². The summed E-state index contributed by atoms with van der Waals surface area (Å²) in [5, 5.41) is 11.5. The zero-order valence-corrected chi connectivity index (χ0v) is 15.4. The summed E-state index contributed by atoms with van der Waals surface area (Å²) in [6.07, 6.45) is -0.285. The molecule has 0 spiro atoms. The van der Waals surface area contributed by atoms with Gasteiger partial charge in [-0.15, -0.1) is 0 Å². The minimum absolute atomic E-state index is 0.0252. The fraction of sp³-hybridized carbons (Fsp3) is 0.235. The number of carboxylic acid groups (broad SMARTS) is 1. The maximum absolute atomic E-state index is 13.0. The number of ether oxygens (including phenoxy) is 3. The van der Waals surface area contributed by atoms with Crippen LogP contribution in [0.2, 0.25) is 0 Å². The summed E-state index contributed by atoms with van der Waals surface area (Å²) in [4.78, 5) is 21.6. The van der Waals surface area contributed by atoms with Crippen LogP contribution in [0, 0.1) is 0 Å². The molecule has 2 aromatic carbocycles. The van der Waals surface area contributed by atoms with Crippen molar-refractivity contribution in [3.63, 3.8) is 0 Å². The van der Waals surface area contributed by atoms with Gasteiger partial charge in [0.1, 0.15) is 5.30 Å². The third-order valence-corrected chi connectivity index (χ3v) is 5.19. The number of anilines is 1. The molecular formula is C17H20NO7P. The molecule has 0 amide bonds. The molecule has 3 N–H and O–H groups in total. The zero-order valence-electron chi connectivity index (χ0n) is 14.6. The summed E-state index contributed by atoms with van der Waals surface area (Å²) in [5.41, 5.74) is 0.631. The number of benzene rings is 2. The molecule has 0 bridgehead atoms. The average molecular weight is 381 g/mol. The number of para-hydroxylation sites is 1. The van der Waals surface area contributed by atoms with Crippen LogP contribution in [0.25, 0.3) is 0 Å². The molecule has 0 heterocycles. The Kier molecular flexibility index (Phi) is 6.13. The van der Waals surface area contributed by atoms with Crippen molar-refractivity contribution in [1.29, 1.82) is 0 Å². The van der Waals surface area contributed by atoms with Gasteiger partial charge in [-0.1, -0.05) is 18.2 Å². The fourth-order valence-electron chi connectivity index (χ4n) is 2.49. The van der Waals surface area contributed by atoms with Gasteiger partial charge in [-0.3, -0.25) is 9.36 Å². The molecule has 0 saturated carbocycles. The lowest BCUT2D eigenvalue weighted by atomic mass is 10.1. The molecule has 26 heavy (non-hydrogen) atoms. The van der Waals surface area contributed by atoms with E-state index >= 15 is 0 Å². The Labute approximate surface area is 150 Å². The molecule has 0 aromatic heterocycles. The largest absolute Gasteiger partial charge is 0.493 e. The van der Waals surface area contributed by atoms with Gasteiger partial charge in [-0.05, 0) is 23.8 Å². The van der Waals surface area contributed by atoms with Crippen LogP contribution in [-0.2, 0) is 15.8 Å². The van der Waals surface area contributed by atoms with Crippen LogP contribution in [-0.4, -0.2) is 37.3 Å². The highest BCUT2D eigenvalue weighted by atomic mass is 31.2. The van der Waals surface area contributed by atoms with E-state index in [1.165, 1.54) is 39.5 Å². The molecular weight excluding hydrogens is 361 g/mol. The van der Waals surface area contributed by atoms with Crippen molar-refractivity contribution in [1.82, 2.24) is 0 Å². The number of hydrogen-bond donors (Lipinski definition) is 3. The van der Waals surface area contributed by atoms with Gasteiger partial charge in [-0.25, -0.2) is 0 Å². The normalized spacial score (nSPS) is 12.8. The Hall–Kier alpha value is -2.70. The molecule has 2 rings (SSSR count). The Bertz CT molecular complexity index is 853. The number of carbonyl (C=O) groups is 1. The quantitative estimate of drug-likeness (QED) is 0.597. The third-order valence-electron chi connectivity index (χ3n) is 3.64. The van der Waals surface area contributed by atoms with E-state index in [0.717, 1.165) is 0 Å². The number of rotatable bonds is 8. The average Bonchev–Trinajstić information content (AvgIpc) is 2.61. The lowest BCUT2D eigenvalue weighted by Crippen LogP contribution is -2.16. The molecule has 0 aliphatic rings. The minimum Gasteiger partial charge on any atom is -0.493 e. The molecule has 0 fully saturated rings. The summed E-state index contributed by atoms with van der Waals surface area (Å²) in [5.74, 6) is -0.460. The predicted octanol–water partition coefficient (Wildman–Crippen LogP) is 2.26. The lowest BCUT2D eigenvalue weighted by Gasteiger charge is -2.21. The first-order valence-electron chi connectivity index (χ1n) is 7.54. The van der Waals surface area contributed by atoms with E-state index in [1.54, 1.807) is 18.2 Å². The first kappa shape index (κ1) is 19.6. The predicted molar refractivity (Wildman–Crippen MR) is 97.0 cm³/mol. The Balaban J connectivity index is 2.49. The van der Waals surface area contributed by atoms with Crippen molar-refractivity contribution < 1.29 is 33.6 Å². The molecule has 0 aliphatic heterocycles. The molecule has 1 atom stereocenters. The summed E-state index contributed by atoms with van der Waals surface area (Å²) in [6.45, 7) is 0. The second kappa shape index (κ2) is 8.12. The lowest BCUT2D eigenvalue weighted by molar-refractivity contribution is -0.136. The topological polar surface area (TPSA) is 114 Å². The van der Waals surface area contributed by atoms with E-state index in [-0.39, 0.29) is 28.9 Å². The molecule has 0 saturated heterocycles. The van der Waals surface area contributed by atoms with Crippen LogP contribution in [0.1, 0.15) is 5.56 Å². The van der Waals surface area contributed by atoms with Crippen LogP contribution in [0.3, 0.4) is 0 Å². The maximum atomic E-state index is 13.0. The highest BCUT2D eigenvalue weighted by Crippen LogP contribution is 2.48. The van der Waals surface area contributed by atoms with Gasteiger partial charge in [0.2, 0.25) is 5.75 Å². The monoisotopic (exact) mass is 381 g/mol. The van der Waals surface area contributed by atoms with E-state index < -0.39 is 13.5 Å². The zero-order chi connectivity index (χ0) is 19.3. The van der Waals surface area contributed by atoms with Crippen LogP contribution in [0.15, 0.2) is 36.4 Å². The summed E-state index contributed by atoms with van der Waals surface area (Å²) in [7, 11) is 0.0125. The van der Waals surface area contributed by atoms with E-state index in [1.807, 2.05) is 0 Å².